The highest BCUT2D eigenvalue weighted by Crippen LogP contribution is 2.47. The second-order valence-electron chi connectivity index (χ2n) is 11.7. The predicted molar refractivity (Wildman–Crippen MR) is 194 cm³/mol. The van der Waals surface area contributed by atoms with Crippen LogP contribution in [0, 0.1) is 0 Å². The van der Waals surface area contributed by atoms with Crippen molar-refractivity contribution in [1.82, 2.24) is 0 Å². The minimum atomic E-state index is 0.871. The van der Waals surface area contributed by atoms with Crippen LogP contribution in [0.25, 0.3) is 65.7 Å². The monoisotopic (exact) mass is 587 g/mol. The van der Waals surface area contributed by atoms with E-state index in [2.05, 4.69) is 181 Å². The Morgan fingerprint density at radius 1 is 0.391 bits per heavy atom. The van der Waals surface area contributed by atoms with Gasteiger partial charge in [0.2, 0.25) is 0 Å². The van der Waals surface area contributed by atoms with Gasteiger partial charge >= 0.3 is 0 Å². The maximum atomic E-state index is 6.76. The minimum Gasteiger partial charge on any atom is -0.455 e. The van der Waals surface area contributed by atoms with E-state index in [1.54, 1.807) is 0 Å². The van der Waals surface area contributed by atoms with Crippen LogP contribution in [0.15, 0.2) is 180 Å². The lowest BCUT2D eigenvalue weighted by Crippen LogP contribution is -2.10. The van der Waals surface area contributed by atoms with Crippen molar-refractivity contribution in [3.05, 3.63) is 176 Å². The van der Waals surface area contributed by atoms with Crippen molar-refractivity contribution in [2.24, 2.45) is 0 Å². The third-order valence-electron chi connectivity index (χ3n) is 9.05. The first-order valence-electron chi connectivity index (χ1n) is 15.7. The maximum Gasteiger partial charge on any atom is 0.143 e. The molecule has 46 heavy (non-hydrogen) atoms. The van der Waals surface area contributed by atoms with Crippen LogP contribution in [0.5, 0.6) is 0 Å². The van der Waals surface area contributed by atoms with Crippen LogP contribution in [0.1, 0.15) is 0 Å². The van der Waals surface area contributed by atoms with Crippen LogP contribution >= 0.6 is 0 Å². The van der Waals surface area contributed by atoms with Gasteiger partial charge in [0.15, 0.2) is 0 Å². The lowest BCUT2D eigenvalue weighted by molar-refractivity contribution is 0.672. The molecule has 2 heteroatoms. The summed E-state index contributed by atoms with van der Waals surface area (Å²) in [5.41, 5.74) is 9.88. The molecule has 1 aromatic heterocycles. The summed E-state index contributed by atoms with van der Waals surface area (Å²) in [5.74, 6) is 0. The Kier molecular flexibility index (Phi) is 6.17. The van der Waals surface area contributed by atoms with Crippen molar-refractivity contribution < 1.29 is 4.42 Å². The minimum absolute atomic E-state index is 0.871. The molecule has 0 radical (unpaired) electrons. The Bertz CT molecular complexity index is 2510. The molecular weight excluding hydrogens is 558 g/mol. The average molecular weight is 588 g/mol. The van der Waals surface area contributed by atoms with Crippen molar-refractivity contribution in [1.29, 1.82) is 0 Å². The van der Waals surface area contributed by atoms with Crippen molar-refractivity contribution in [2.75, 3.05) is 4.90 Å². The summed E-state index contributed by atoms with van der Waals surface area (Å²) in [6, 6.07) is 62.6. The van der Waals surface area contributed by atoms with Crippen molar-refractivity contribution in [3.63, 3.8) is 0 Å². The zero-order valence-electron chi connectivity index (χ0n) is 25.1. The quantitative estimate of drug-likeness (QED) is 0.199. The van der Waals surface area contributed by atoms with E-state index < -0.39 is 0 Å². The van der Waals surface area contributed by atoms with Gasteiger partial charge in [-0.15, -0.1) is 0 Å². The number of rotatable bonds is 5. The summed E-state index contributed by atoms with van der Waals surface area (Å²) >= 11 is 0. The van der Waals surface area contributed by atoms with E-state index in [1.807, 2.05) is 0 Å². The Balaban J connectivity index is 1.32. The zero-order valence-corrected chi connectivity index (χ0v) is 25.1. The molecule has 0 spiro atoms. The van der Waals surface area contributed by atoms with Gasteiger partial charge in [0, 0.05) is 21.8 Å². The zero-order chi connectivity index (χ0) is 30.5. The summed E-state index contributed by atoms with van der Waals surface area (Å²) in [5, 5.41) is 6.90. The molecule has 0 saturated carbocycles. The normalized spacial score (nSPS) is 11.5. The molecule has 8 aromatic carbocycles. The van der Waals surface area contributed by atoms with E-state index in [4.69, 9.17) is 4.42 Å². The number of furan rings is 1. The maximum absolute atomic E-state index is 6.76. The number of fused-ring (bicyclic) bond motifs is 6. The SMILES string of the molecule is c1ccc(-c2ccc(-c3cc4c(oc5cccc(N(c6ccccc6)c6cccc7ccccc67)c54)c4ccccc34)cc2)cc1. The highest BCUT2D eigenvalue weighted by molar-refractivity contribution is 6.23. The lowest BCUT2D eigenvalue weighted by atomic mass is 9.93. The van der Waals surface area contributed by atoms with E-state index in [-0.39, 0.29) is 0 Å². The van der Waals surface area contributed by atoms with E-state index in [0.29, 0.717) is 0 Å². The van der Waals surface area contributed by atoms with Gasteiger partial charge in [-0.1, -0.05) is 140 Å². The van der Waals surface area contributed by atoms with Gasteiger partial charge < -0.3 is 9.32 Å². The van der Waals surface area contributed by atoms with Crippen LogP contribution < -0.4 is 4.90 Å². The first-order chi connectivity index (χ1) is 22.8. The molecule has 0 atom stereocenters. The fourth-order valence-electron chi connectivity index (χ4n) is 6.92. The van der Waals surface area contributed by atoms with Crippen LogP contribution in [0.2, 0.25) is 0 Å². The van der Waals surface area contributed by atoms with Gasteiger partial charge in [0.25, 0.3) is 0 Å². The van der Waals surface area contributed by atoms with Crippen LogP contribution in [-0.2, 0) is 0 Å². The fourth-order valence-corrected chi connectivity index (χ4v) is 6.92. The number of hydrogen-bond acceptors (Lipinski definition) is 2. The fraction of sp³-hybridized carbons (Fsp3) is 0. The summed E-state index contributed by atoms with van der Waals surface area (Å²) in [6.07, 6.45) is 0. The number of nitrogens with zero attached hydrogens (tertiary/aromatic N) is 1. The average Bonchev–Trinajstić information content (AvgIpc) is 3.52. The molecule has 216 valence electrons. The molecule has 9 rings (SSSR count). The second kappa shape index (κ2) is 10.8. The largest absolute Gasteiger partial charge is 0.455 e. The molecular formula is C44H29NO. The van der Waals surface area contributed by atoms with Gasteiger partial charge in [-0.2, -0.15) is 0 Å². The van der Waals surface area contributed by atoms with Crippen molar-refractivity contribution >= 4 is 60.5 Å². The van der Waals surface area contributed by atoms with Gasteiger partial charge in [-0.05, 0) is 69.4 Å². The smallest absolute Gasteiger partial charge is 0.143 e. The Morgan fingerprint density at radius 2 is 0.978 bits per heavy atom. The number of anilines is 3. The molecule has 0 aliphatic rings. The highest BCUT2D eigenvalue weighted by Gasteiger charge is 2.22. The molecule has 0 fully saturated rings. The third kappa shape index (κ3) is 4.27. The van der Waals surface area contributed by atoms with Gasteiger partial charge in [0.1, 0.15) is 11.2 Å². The molecule has 0 unspecified atom stereocenters. The molecule has 9 aromatic rings. The van der Waals surface area contributed by atoms with Crippen molar-refractivity contribution in [2.45, 2.75) is 0 Å². The second-order valence-corrected chi connectivity index (χ2v) is 11.7. The molecule has 2 nitrogen and oxygen atoms in total. The third-order valence-corrected chi connectivity index (χ3v) is 9.05. The topological polar surface area (TPSA) is 16.4 Å². The standard InChI is InChI=1S/C44H29NO/c1-3-13-30(14-4-1)31-25-27-33(28-26-31)38-29-39-43-41(23-12-24-42(43)46-44(39)37-21-10-9-20-36(37)38)45(34-17-5-2-6-18-34)40-22-11-16-32-15-7-8-19-35(32)40/h1-29H. The number of hydrogen-bond donors (Lipinski definition) is 0. The van der Waals surface area contributed by atoms with E-state index in [9.17, 15) is 0 Å². The summed E-state index contributed by atoms with van der Waals surface area (Å²) < 4.78 is 6.76. The first kappa shape index (κ1) is 26.3. The molecule has 0 N–H and O–H groups in total. The molecule has 0 aliphatic heterocycles. The molecule has 0 saturated heterocycles. The van der Waals surface area contributed by atoms with Gasteiger partial charge in [0.05, 0.1) is 16.8 Å². The van der Waals surface area contributed by atoms with Crippen LogP contribution in [-0.4, -0.2) is 0 Å². The van der Waals surface area contributed by atoms with E-state index in [0.717, 1.165) is 44.4 Å². The van der Waals surface area contributed by atoms with Gasteiger partial charge in [-0.3, -0.25) is 0 Å². The Hall–Kier alpha value is -6.12. The molecule has 1 heterocycles. The first-order valence-corrected chi connectivity index (χ1v) is 15.7. The summed E-state index contributed by atoms with van der Waals surface area (Å²) in [7, 11) is 0. The van der Waals surface area contributed by atoms with Gasteiger partial charge in [-0.25, -0.2) is 0 Å². The van der Waals surface area contributed by atoms with E-state index >= 15 is 0 Å². The van der Waals surface area contributed by atoms with E-state index in [1.165, 1.54) is 38.4 Å². The predicted octanol–water partition coefficient (Wildman–Crippen LogP) is 12.7. The molecule has 0 bridgehead atoms. The van der Waals surface area contributed by atoms with Crippen molar-refractivity contribution in [3.8, 4) is 22.3 Å². The molecule has 0 amide bonds. The molecule has 0 aliphatic carbocycles. The number of benzene rings is 8. The summed E-state index contributed by atoms with van der Waals surface area (Å²) in [4.78, 5) is 2.38. The Labute approximate surface area is 267 Å². The van der Waals surface area contributed by atoms with Crippen LogP contribution in [0.3, 0.4) is 0 Å². The van der Waals surface area contributed by atoms with Crippen LogP contribution in [0.4, 0.5) is 17.1 Å². The highest BCUT2D eigenvalue weighted by atomic mass is 16.3. The lowest BCUT2D eigenvalue weighted by Gasteiger charge is -2.27. The number of para-hydroxylation sites is 1. The summed E-state index contributed by atoms with van der Waals surface area (Å²) in [6.45, 7) is 0. The Morgan fingerprint density at radius 3 is 1.78 bits per heavy atom.